The average molecular weight is 471 g/mol. The van der Waals surface area contributed by atoms with E-state index >= 15 is 0 Å². The molecule has 0 aliphatic rings. The number of ether oxygens (including phenoxy) is 3. The van der Waals surface area contributed by atoms with Crippen LogP contribution < -0.4 is 20.3 Å². The first-order valence-electron chi connectivity index (χ1n) is 10.6. The van der Waals surface area contributed by atoms with Crippen molar-refractivity contribution in [2.75, 3.05) is 25.6 Å². The van der Waals surface area contributed by atoms with E-state index in [0.717, 1.165) is 11.1 Å². The highest BCUT2D eigenvalue weighted by atomic mass is 16.6. The van der Waals surface area contributed by atoms with E-state index in [9.17, 15) is 9.59 Å². The van der Waals surface area contributed by atoms with Gasteiger partial charge in [0.1, 0.15) is 24.2 Å². The number of benzene rings is 2. The minimum Gasteiger partial charge on any atom is -0.497 e. The average Bonchev–Trinajstić information content (AvgIpc) is 2.86. The minimum absolute atomic E-state index is 0.0954. The zero-order valence-corrected chi connectivity index (χ0v) is 19.4. The molecule has 0 spiro atoms. The van der Waals surface area contributed by atoms with E-state index in [-0.39, 0.29) is 19.1 Å². The number of anilines is 1. The molecule has 0 aliphatic carbocycles. The molecule has 2 aromatic carbocycles. The van der Waals surface area contributed by atoms with E-state index in [1.807, 2.05) is 13.8 Å². The Kier molecular flexibility index (Phi) is 10.6. The fourth-order valence-corrected chi connectivity index (χ4v) is 3.03. The first-order valence-corrected chi connectivity index (χ1v) is 10.6. The molecule has 182 valence electrons. The summed E-state index contributed by atoms with van der Waals surface area (Å²) in [4.78, 5) is 23.9. The molecule has 0 fully saturated rings. The first-order chi connectivity index (χ1) is 16.4. The summed E-state index contributed by atoms with van der Waals surface area (Å²) in [6.07, 6.45) is 3.09. The number of aliphatic hydroxyl groups excluding tert-OH is 1. The van der Waals surface area contributed by atoms with Gasteiger partial charge in [0.2, 0.25) is 0 Å². The maximum Gasteiger partial charge on any atom is 0.412 e. The van der Waals surface area contributed by atoms with Gasteiger partial charge in [-0.2, -0.15) is 0 Å². The number of hydrogen-bond donors (Lipinski definition) is 4. The molecule has 2 atom stereocenters. The number of aliphatic hydroxyl groups is 1. The lowest BCUT2D eigenvalue weighted by atomic mass is 9.91. The number of carbonyl (C=O) groups is 2. The van der Waals surface area contributed by atoms with Crippen molar-refractivity contribution in [3.8, 4) is 11.5 Å². The molecule has 0 bridgehead atoms. The van der Waals surface area contributed by atoms with Gasteiger partial charge in [0.15, 0.2) is 0 Å². The molecule has 4 N–H and O–H groups in total. The van der Waals surface area contributed by atoms with Crippen LogP contribution in [-0.4, -0.2) is 42.6 Å². The second-order valence-corrected chi connectivity index (χ2v) is 7.36. The highest BCUT2D eigenvalue weighted by molar-refractivity contribution is 5.86. The van der Waals surface area contributed by atoms with Crippen LogP contribution in [0.4, 0.5) is 10.5 Å². The Hall–Kier alpha value is -3.82. The summed E-state index contributed by atoms with van der Waals surface area (Å²) in [5, 5.41) is 20.2. The van der Waals surface area contributed by atoms with Crippen molar-refractivity contribution in [1.82, 2.24) is 5.48 Å². The normalized spacial score (nSPS) is 13.1. The monoisotopic (exact) mass is 470 g/mol. The quantitative estimate of drug-likeness (QED) is 0.169. The molecule has 2 aromatic rings. The number of allylic oxidation sites excluding steroid dienone is 2. The van der Waals surface area contributed by atoms with Gasteiger partial charge in [-0.1, -0.05) is 36.8 Å². The third-order valence-corrected chi connectivity index (χ3v) is 5.03. The molecular weight excluding hydrogens is 440 g/mol. The van der Waals surface area contributed by atoms with E-state index in [0.29, 0.717) is 17.2 Å². The number of nitrogens with one attached hydrogen (secondary N) is 2. The zero-order chi connectivity index (χ0) is 24.9. The van der Waals surface area contributed by atoms with Crippen molar-refractivity contribution in [3.63, 3.8) is 0 Å². The number of hydrogen-bond acceptors (Lipinski definition) is 7. The van der Waals surface area contributed by atoms with E-state index in [4.69, 9.17) is 24.5 Å². The van der Waals surface area contributed by atoms with E-state index in [1.54, 1.807) is 61.7 Å². The van der Waals surface area contributed by atoms with Gasteiger partial charge >= 0.3 is 6.09 Å². The van der Waals surface area contributed by atoms with Gasteiger partial charge in [-0.15, -0.1) is 0 Å². The molecule has 0 saturated carbocycles. The van der Waals surface area contributed by atoms with Gasteiger partial charge < -0.3 is 19.3 Å². The van der Waals surface area contributed by atoms with Crippen LogP contribution in [-0.2, 0) is 9.53 Å². The highest BCUT2D eigenvalue weighted by Crippen LogP contribution is 2.32. The zero-order valence-electron chi connectivity index (χ0n) is 19.4. The van der Waals surface area contributed by atoms with Crippen LogP contribution in [0.2, 0.25) is 0 Å². The molecule has 34 heavy (non-hydrogen) atoms. The van der Waals surface area contributed by atoms with Gasteiger partial charge in [0.05, 0.1) is 13.7 Å². The summed E-state index contributed by atoms with van der Waals surface area (Å²) < 4.78 is 16.3. The van der Waals surface area contributed by atoms with Crippen molar-refractivity contribution in [2.45, 2.75) is 20.0 Å². The molecule has 0 heterocycles. The Morgan fingerprint density at radius 3 is 2.29 bits per heavy atom. The molecule has 2 rings (SSSR count). The summed E-state index contributed by atoms with van der Waals surface area (Å²) in [6, 6.07) is 13.9. The third-order valence-electron chi connectivity index (χ3n) is 5.03. The van der Waals surface area contributed by atoms with Gasteiger partial charge in [-0.3, -0.25) is 15.3 Å². The lowest BCUT2D eigenvalue weighted by Gasteiger charge is -2.25. The third kappa shape index (κ3) is 8.27. The Labute approximate surface area is 198 Å². The Bertz CT molecular complexity index is 985. The van der Waals surface area contributed by atoms with Crippen LogP contribution >= 0.6 is 0 Å². The van der Waals surface area contributed by atoms with Crippen LogP contribution in [0.5, 0.6) is 11.5 Å². The molecule has 0 aliphatic heterocycles. The van der Waals surface area contributed by atoms with Gasteiger partial charge in [-0.25, -0.2) is 10.3 Å². The standard InChI is InChI=1S/C25H30N2O7/c1-17(5-4-6-23(29)27-31)18(2)24(19-7-11-22(12-8-19)33-16-15-28)34-25(30)26-20-9-13-21(32-3)14-10-20/h4-14,18,24,28,31H,15-16H2,1-3H3,(H,26,30)(H,27,29)/b6-4+,17-5+/t18-,24+/m1/s1. The van der Waals surface area contributed by atoms with Crippen molar-refractivity contribution < 1.29 is 34.1 Å². The lowest BCUT2D eigenvalue weighted by molar-refractivity contribution is -0.124. The summed E-state index contributed by atoms with van der Waals surface area (Å²) in [5.41, 5.74) is 3.65. The molecule has 0 unspecified atom stereocenters. The number of amides is 2. The summed E-state index contributed by atoms with van der Waals surface area (Å²) >= 11 is 0. The van der Waals surface area contributed by atoms with Crippen molar-refractivity contribution >= 4 is 17.7 Å². The fourth-order valence-electron chi connectivity index (χ4n) is 3.03. The fraction of sp³-hybridized carbons (Fsp3) is 0.280. The number of hydroxylamine groups is 1. The van der Waals surface area contributed by atoms with E-state index in [1.165, 1.54) is 17.6 Å². The topological polar surface area (TPSA) is 126 Å². The number of methoxy groups -OCH3 is 1. The van der Waals surface area contributed by atoms with Crippen LogP contribution in [0.15, 0.2) is 72.3 Å². The largest absolute Gasteiger partial charge is 0.497 e. The smallest absolute Gasteiger partial charge is 0.412 e. The Balaban J connectivity index is 2.22. The van der Waals surface area contributed by atoms with Gasteiger partial charge in [-0.05, 0) is 48.9 Å². The van der Waals surface area contributed by atoms with E-state index < -0.39 is 18.1 Å². The molecule has 2 amide bonds. The van der Waals surface area contributed by atoms with Crippen molar-refractivity contribution in [2.24, 2.45) is 5.92 Å². The summed E-state index contributed by atoms with van der Waals surface area (Å²) in [5.74, 6) is 0.337. The summed E-state index contributed by atoms with van der Waals surface area (Å²) in [6.45, 7) is 3.83. The predicted octanol–water partition coefficient (Wildman–Crippen LogP) is 4.00. The Morgan fingerprint density at radius 2 is 1.71 bits per heavy atom. The van der Waals surface area contributed by atoms with Crippen LogP contribution in [0.1, 0.15) is 25.5 Å². The molecular formula is C25H30N2O7. The SMILES string of the molecule is COc1ccc(NC(=O)O[C@H](c2ccc(OCCO)cc2)[C@H](C)/C(C)=C/C=C/C(=O)NO)cc1. The maximum atomic E-state index is 12.7. The molecule has 0 aromatic heterocycles. The van der Waals surface area contributed by atoms with Crippen molar-refractivity contribution in [3.05, 3.63) is 77.9 Å². The number of rotatable bonds is 11. The number of carbonyl (C=O) groups excluding carboxylic acids is 2. The van der Waals surface area contributed by atoms with Crippen molar-refractivity contribution in [1.29, 1.82) is 0 Å². The van der Waals surface area contributed by atoms with E-state index in [2.05, 4.69) is 5.32 Å². The predicted molar refractivity (Wildman–Crippen MR) is 127 cm³/mol. The highest BCUT2D eigenvalue weighted by Gasteiger charge is 2.25. The summed E-state index contributed by atoms with van der Waals surface area (Å²) in [7, 11) is 1.56. The van der Waals surface area contributed by atoms with Crippen LogP contribution in [0, 0.1) is 5.92 Å². The lowest BCUT2D eigenvalue weighted by Crippen LogP contribution is -2.22. The molecule has 9 nitrogen and oxygen atoms in total. The second kappa shape index (κ2) is 13.7. The minimum atomic E-state index is -0.651. The molecule has 0 radical (unpaired) electrons. The Morgan fingerprint density at radius 1 is 1.06 bits per heavy atom. The molecule has 9 heteroatoms. The van der Waals surface area contributed by atoms with Crippen LogP contribution in [0.3, 0.4) is 0 Å². The van der Waals surface area contributed by atoms with Gasteiger partial charge in [0.25, 0.3) is 5.91 Å². The van der Waals surface area contributed by atoms with Crippen LogP contribution in [0.25, 0.3) is 0 Å². The molecule has 0 saturated heterocycles. The first kappa shape index (κ1) is 26.4. The maximum absolute atomic E-state index is 12.7. The second-order valence-electron chi connectivity index (χ2n) is 7.36. The van der Waals surface area contributed by atoms with Gasteiger partial charge in [0, 0.05) is 17.7 Å².